The van der Waals surface area contributed by atoms with Gasteiger partial charge in [-0.15, -0.1) is 0 Å². The lowest BCUT2D eigenvalue weighted by Crippen LogP contribution is -2.43. The minimum atomic E-state index is -0.351. The van der Waals surface area contributed by atoms with Crippen LogP contribution < -0.4 is 10.5 Å². The number of benzene rings is 1. The van der Waals surface area contributed by atoms with E-state index in [9.17, 15) is 19.6 Å². The van der Waals surface area contributed by atoms with Gasteiger partial charge >= 0.3 is 5.97 Å². The Labute approximate surface area is 251 Å². The van der Waals surface area contributed by atoms with Crippen molar-refractivity contribution < 1.29 is 14.3 Å². The summed E-state index contributed by atoms with van der Waals surface area (Å²) in [6.45, 7) is 9.73. The third kappa shape index (κ3) is 6.57. The van der Waals surface area contributed by atoms with E-state index in [1.54, 1.807) is 29.4 Å². The Balaban J connectivity index is 1.81. The lowest BCUT2D eigenvalue weighted by molar-refractivity contribution is -0.148. The number of piperidine rings is 1. The maximum atomic E-state index is 13.6. The molecule has 2 aromatic rings. The van der Waals surface area contributed by atoms with Gasteiger partial charge in [-0.1, -0.05) is 67.2 Å². The molecule has 4 rings (SSSR count). The fraction of sp³-hybridized carbons (Fsp3) is 0.452. The summed E-state index contributed by atoms with van der Waals surface area (Å²) in [5.41, 5.74) is 2.97. The van der Waals surface area contributed by atoms with Crippen LogP contribution in [0.2, 0.25) is 0 Å². The second-order valence-electron chi connectivity index (χ2n) is 10.5. The molecule has 0 saturated carbocycles. The summed E-state index contributed by atoms with van der Waals surface area (Å²) in [7, 11) is 0. The van der Waals surface area contributed by atoms with Gasteiger partial charge in [-0.05, 0) is 57.2 Å². The van der Waals surface area contributed by atoms with Crippen LogP contribution in [-0.4, -0.2) is 45.4 Å². The number of anilines is 1. The van der Waals surface area contributed by atoms with Gasteiger partial charge in [0.15, 0.2) is 0 Å². The van der Waals surface area contributed by atoms with Gasteiger partial charge < -0.3 is 9.64 Å². The van der Waals surface area contributed by atoms with Gasteiger partial charge in [0.1, 0.15) is 21.8 Å². The molecule has 8 nitrogen and oxygen atoms in total. The average molecular weight is 593 g/mol. The zero-order chi connectivity index (χ0) is 29.7. The van der Waals surface area contributed by atoms with Gasteiger partial charge in [0.25, 0.3) is 11.5 Å². The summed E-state index contributed by atoms with van der Waals surface area (Å²) >= 11 is 6.83. The van der Waals surface area contributed by atoms with E-state index in [1.807, 2.05) is 38.1 Å². The molecule has 10 heteroatoms. The Morgan fingerprint density at radius 2 is 1.95 bits per heavy atom. The summed E-state index contributed by atoms with van der Waals surface area (Å²) in [5, 5.41) is 9.97. The third-order valence-electron chi connectivity index (χ3n) is 7.53. The highest BCUT2D eigenvalue weighted by Crippen LogP contribution is 2.37. The first-order valence-electron chi connectivity index (χ1n) is 14.1. The number of rotatable bonds is 9. The number of hydrogen-bond acceptors (Lipinski definition) is 8. The van der Waals surface area contributed by atoms with Crippen molar-refractivity contribution in [2.75, 3.05) is 24.6 Å². The number of amides is 1. The summed E-state index contributed by atoms with van der Waals surface area (Å²) in [6.07, 6.45) is 4.84. The zero-order valence-electron chi connectivity index (χ0n) is 24.1. The first kappa shape index (κ1) is 30.5. The lowest BCUT2D eigenvalue weighted by atomic mass is 9.96. The molecule has 0 N–H and O–H groups in total. The molecule has 2 fully saturated rings. The molecule has 0 spiro atoms. The van der Waals surface area contributed by atoms with Gasteiger partial charge in [-0.25, -0.2) is 0 Å². The molecule has 3 heterocycles. The van der Waals surface area contributed by atoms with Crippen LogP contribution >= 0.6 is 24.0 Å². The average Bonchev–Trinajstić information content (AvgIpc) is 3.22. The molecular formula is C31H36N4O4S2. The van der Waals surface area contributed by atoms with Crippen LogP contribution in [0.3, 0.4) is 0 Å². The van der Waals surface area contributed by atoms with E-state index < -0.39 is 0 Å². The number of nitrogens with zero attached hydrogens (tertiary/aromatic N) is 4. The van der Waals surface area contributed by atoms with Crippen LogP contribution in [-0.2, 0) is 27.4 Å². The first-order chi connectivity index (χ1) is 19.7. The molecule has 1 amide bonds. The van der Waals surface area contributed by atoms with Gasteiger partial charge in [-0.3, -0.25) is 23.9 Å². The largest absolute Gasteiger partial charge is 0.466 e. The number of hydrogen-bond donors (Lipinski definition) is 0. The molecular weight excluding hydrogens is 556 g/mol. The van der Waals surface area contributed by atoms with Crippen LogP contribution in [0.4, 0.5) is 5.82 Å². The number of esters is 1. The first-order valence-corrected chi connectivity index (χ1v) is 15.3. The van der Waals surface area contributed by atoms with Crippen molar-refractivity contribution >= 4 is 52.1 Å². The number of aromatic nitrogens is 1. The molecule has 2 saturated heterocycles. The number of carbonyl (C=O) groups excluding carboxylic acids is 2. The van der Waals surface area contributed by atoms with Crippen molar-refractivity contribution in [1.29, 1.82) is 5.26 Å². The quantitative estimate of drug-likeness (QED) is 0.219. The van der Waals surface area contributed by atoms with E-state index in [4.69, 9.17) is 17.0 Å². The van der Waals surface area contributed by atoms with Crippen LogP contribution in [0.5, 0.6) is 0 Å². The summed E-state index contributed by atoms with van der Waals surface area (Å²) in [4.78, 5) is 44.0. The number of thioether (sulfide) groups is 1. The van der Waals surface area contributed by atoms with Crippen molar-refractivity contribution in [2.45, 2.75) is 66.5 Å². The number of unbranched alkanes of at least 4 members (excludes halogenated alkanes) is 1. The highest BCUT2D eigenvalue weighted by Gasteiger charge is 2.35. The highest BCUT2D eigenvalue weighted by atomic mass is 32.2. The summed E-state index contributed by atoms with van der Waals surface area (Å²) in [6, 6.07) is 10.1. The number of aryl methyl sites for hydroxylation is 1. The van der Waals surface area contributed by atoms with Crippen LogP contribution in [0.15, 0.2) is 34.0 Å². The van der Waals surface area contributed by atoms with E-state index in [0.29, 0.717) is 65.4 Å². The molecule has 0 radical (unpaired) electrons. The normalized spacial score (nSPS) is 18.2. The fourth-order valence-corrected chi connectivity index (χ4v) is 6.51. The Morgan fingerprint density at radius 1 is 1.22 bits per heavy atom. The molecule has 2 aliphatic heterocycles. The smallest absolute Gasteiger partial charge is 0.310 e. The molecule has 1 unspecified atom stereocenters. The molecule has 41 heavy (non-hydrogen) atoms. The molecule has 2 aliphatic rings. The predicted molar refractivity (Wildman–Crippen MR) is 167 cm³/mol. The monoisotopic (exact) mass is 592 g/mol. The molecule has 0 aliphatic carbocycles. The Kier molecular flexibility index (Phi) is 10.1. The van der Waals surface area contributed by atoms with Gasteiger partial charge in [0, 0.05) is 25.2 Å². The van der Waals surface area contributed by atoms with Crippen molar-refractivity contribution in [3.8, 4) is 6.07 Å². The maximum Gasteiger partial charge on any atom is 0.310 e. The fourth-order valence-electron chi connectivity index (χ4n) is 5.27. The topological polar surface area (TPSA) is 95.6 Å². The summed E-state index contributed by atoms with van der Waals surface area (Å²) in [5.74, 6) is -0.143. The zero-order valence-corrected chi connectivity index (χ0v) is 25.7. The number of carbonyl (C=O) groups is 2. The number of pyridine rings is 1. The van der Waals surface area contributed by atoms with E-state index >= 15 is 0 Å². The van der Waals surface area contributed by atoms with Crippen molar-refractivity contribution in [1.82, 2.24) is 9.47 Å². The third-order valence-corrected chi connectivity index (χ3v) is 8.91. The van der Waals surface area contributed by atoms with Gasteiger partial charge in [0.2, 0.25) is 0 Å². The summed E-state index contributed by atoms with van der Waals surface area (Å²) < 4.78 is 7.43. The van der Waals surface area contributed by atoms with E-state index in [-0.39, 0.29) is 28.9 Å². The Morgan fingerprint density at radius 3 is 2.61 bits per heavy atom. The van der Waals surface area contributed by atoms with Gasteiger partial charge in [-0.2, -0.15) is 5.26 Å². The second kappa shape index (κ2) is 13.5. The lowest BCUT2D eigenvalue weighted by Gasteiger charge is -2.36. The highest BCUT2D eigenvalue weighted by molar-refractivity contribution is 8.26. The number of ether oxygens (including phenoxy) is 1. The van der Waals surface area contributed by atoms with E-state index in [0.717, 1.165) is 30.4 Å². The van der Waals surface area contributed by atoms with Crippen LogP contribution in [0.25, 0.3) is 6.08 Å². The second-order valence-corrected chi connectivity index (χ2v) is 12.1. The molecule has 0 bridgehead atoms. The Hall–Kier alpha value is -3.42. The standard InChI is InChI=1S/C31H36N4O4S2/c1-5-7-15-34-27(33-14-8-9-23(19-33)30(38)39-6-2)24(21(4)25(17-32)28(34)36)16-26-29(37)35(31(40)41-26)18-22-12-10-20(3)11-13-22/h10-13,16,23H,5-9,14-15,18-19H2,1-4H3. The predicted octanol–water partition coefficient (Wildman–Crippen LogP) is 5.32. The van der Waals surface area contributed by atoms with Gasteiger partial charge in [0.05, 0.1) is 24.0 Å². The maximum absolute atomic E-state index is 13.6. The van der Waals surface area contributed by atoms with Crippen LogP contribution in [0, 0.1) is 31.1 Å². The number of nitriles is 1. The van der Waals surface area contributed by atoms with Crippen LogP contribution in [0.1, 0.15) is 67.3 Å². The minimum Gasteiger partial charge on any atom is -0.466 e. The Bertz CT molecular complexity index is 1470. The SMILES string of the molecule is CCCCn1c(N2CCCC(C(=O)OCC)C2)c(C=C2SC(=S)N(Cc3ccc(C)cc3)C2=O)c(C)c(C#N)c1=O. The van der Waals surface area contributed by atoms with Crippen molar-refractivity contribution in [3.05, 3.63) is 67.3 Å². The van der Waals surface area contributed by atoms with Crippen molar-refractivity contribution in [2.24, 2.45) is 5.92 Å². The molecule has 216 valence electrons. The van der Waals surface area contributed by atoms with E-state index in [1.165, 1.54) is 11.8 Å². The molecule has 1 aromatic heterocycles. The molecule has 1 aromatic carbocycles. The number of thiocarbonyl (C=S) groups is 1. The molecule has 1 atom stereocenters. The van der Waals surface area contributed by atoms with Crippen molar-refractivity contribution in [3.63, 3.8) is 0 Å². The van der Waals surface area contributed by atoms with E-state index in [2.05, 4.69) is 11.0 Å². The minimum absolute atomic E-state index is 0.0604.